The van der Waals surface area contributed by atoms with Crippen LogP contribution in [0.3, 0.4) is 0 Å². The second-order valence-corrected chi connectivity index (χ2v) is 7.62. The van der Waals surface area contributed by atoms with Gasteiger partial charge < -0.3 is 13.9 Å². The van der Waals surface area contributed by atoms with Crippen LogP contribution in [0.15, 0.2) is 77.2 Å². The molecule has 0 bridgehead atoms. The van der Waals surface area contributed by atoms with Gasteiger partial charge in [0.15, 0.2) is 18.1 Å². The van der Waals surface area contributed by atoms with Gasteiger partial charge in [-0.2, -0.15) is 0 Å². The number of benzene rings is 4. The summed E-state index contributed by atoms with van der Waals surface area (Å²) in [6.45, 7) is 2.02. The van der Waals surface area contributed by atoms with Crippen molar-refractivity contribution in [3.63, 3.8) is 0 Å². The Labute approximate surface area is 185 Å². The average molecular weight is 425 g/mol. The maximum Gasteiger partial charge on any atom is 0.344 e. The third-order valence-corrected chi connectivity index (χ3v) is 5.50. The van der Waals surface area contributed by atoms with Gasteiger partial charge in [-0.3, -0.25) is 0 Å². The van der Waals surface area contributed by atoms with Crippen molar-refractivity contribution >= 4 is 38.6 Å². The van der Waals surface area contributed by atoms with Gasteiger partial charge in [-0.1, -0.05) is 60.7 Å². The summed E-state index contributed by atoms with van der Waals surface area (Å²) in [5, 5.41) is 4.53. The molecule has 0 atom stereocenters. The third-order valence-electron chi connectivity index (χ3n) is 5.50. The summed E-state index contributed by atoms with van der Waals surface area (Å²) >= 11 is 0. The lowest BCUT2D eigenvalue weighted by Gasteiger charge is -2.07. The van der Waals surface area contributed by atoms with Gasteiger partial charge in [-0.15, -0.1) is 0 Å². The monoisotopic (exact) mass is 425 g/mol. The zero-order valence-corrected chi connectivity index (χ0v) is 17.8. The van der Waals surface area contributed by atoms with Crippen molar-refractivity contribution in [3.8, 4) is 5.75 Å². The largest absolute Gasteiger partial charge is 0.482 e. The number of fused-ring (bicyclic) bond motifs is 6. The molecule has 0 spiro atoms. The first-order valence-electron chi connectivity index (χ1n) is 10.8. The summed E-state index contributed by atoms with van der Waals surface area (Å²) in [7, 11) is 0. The normalized spacial score (nSPS) is 11.3. The highest BCUT2D eigenvalue weighted by molar-refractivity contribution is 6.22. The van der Waals surface area contributed by atoms with Crippen LogP contribution >= 0.6 is 0 Å². The number of esters is 1. The smallest absolute Gasteiger partial charge is 0.344 e. The zero-order chi connectivity index (χ0) is 21.9. The van der Waals surface area contributed by atoms with Gasteiger partial charge in [0, 0.05) is 17.2 Å². The zero-order valence-electron chi connectivity index (χ0n) is 17.8. The average Bonchev–Trinajstić information content (AvgIpc) is 3.27. The van der Waals surface area contributed by atoms with Gasteiger partial charge in [-0.25, -0.2) is 9.78 Å². The van der Waals surface area contributed by atoms with Crippen molar-refractivity contribution in [1.82, 2.24) is 4.98 Å². The molecule has 4 aromatic carbocycles. The van der Waals surface area contributed by atoms with Crippen LogP contribution in [0.25, 0.3) is 32.6 Å². The Bertz CT molecular complexity index is 1350. The van der Waals surface area contributed by atoms with Crippen LogP contribution < -0.4 is 4.74 Å². The number of aryl methyl sites for hydroxylation is 2. The Morgan fingerprint density at radius 2 is 1.59 bits per heavy atom. The molecular weight excluding hydrogens is 402 g/mol. The van der Waals surface area contributed by atoms with Gasteiger partial charge in [0.2, 0.25) is 0 Å². The number of aromatic nitrogens is 1. The minimum atomic E-state index is -0.371. The molecule has 5 aromatic rings. The summed E-state index contributed by atoms with van der Waals surface area (Å²) in [6, 6.07) is 24.3. The Hall–Kier alpha value is -3.86. The highest BCUT2D eigenvalue weighted by atomic mass is 16.6. The molecule has 0 N–H and O–H groups in total. The van der Waals surface area contributed by atoms with Crippen molar-refractivity contribution < 1.29 is 18.7 Å². The molecule has 0 fully saturated rings. The maximum atomic E-state index is 11.5. The lowest BCUT2D eigenvalue weighted by atomic mass is 10.0. The van der Waals surface area contributed by atoms with E-state index in [1.165, 1.54) is 10.8 Å². The van der Waals surface area contributed by atoms with Crippen molar-refractivity contribution in [1.29, 1.82) is 0 Å². The Morgan fingerprint density at radius 1 is 0.875 bits per heavy atom. The minimum Gasteiger partial charge on any atom is -0.482 e. The standard InChI is InChI=1S/C27H23NO4/c1-2-30-25(29)17-31-19-9-7-8-18(16-19)14-15-24-28-26-22-12-5-3-10-20(22)21-11-4-6-13-23(21)27(26)32-24/h3-13,16H,2,14-15,17H2,1H3. The first-order chi connectivity index (χ1) is 15.7. The number of hydrogen-bond donors (Lipinski definition) is 0. The van der Waals surface area contributed by atoms with E-state index in [4.69, 9.17) is 18.9 Å². The molecule has 160 valence electrons. The quantitative estimate of drug-likeness (QED) is 0.241. The van der Waals surface area contributed by atoms with E-state index >= 15 is 0 Å². The first kappa shape index (κ1) is 20.1. The molecule has 32 heavy (non-hydrogen) atoms. The van der Waals surface area contributed by atoms with Crippen LogP contribution in [-0.4, -0.2) is 24.2 Å². The highest BCUT2D eigenvalue weighted by Crippen LogP contribution is 2.35. The molecule has 0 amide bonds. The number of carbonyl (C=O) groups is 1. The number of nitrogens with zero attached hydrogens (tertiary/aromatic N) is 1. The topological polar surface area (TPSA) is 61.6 Å². The van der Waals surface area contributed by atoms with Gasteiger partial charge in [0.1, 0.15) is 11.3 Å². The first-order valence-corrected chi connectivity index (χ1v) is 10.8. The van der Waals surface area contributed by atoms with E-state index in [-0.39, 0.29) is 12.6 Å². The fraction of sp³-hybridized carbons (Fsp3) is 0.185. The van der Waals surface area contributed by atoms with Crippen LogP contribution in [0.5, 0.6) is 5.75 Å². The van der Waals surface area contributed by atoms with Crippen LogP contribution in [-0.2, 0) is 22.4 Å². The molecule has 0 unspecified atom stereocenters. The van der Waals surface area contributed by atoms with Crippen LogP contribution in [0.1, 0.15) is 18.4 Å². The summed E-state index contributed by atoms with van der Waals surface area (Å²) < 4.78 is 16.7. The van der Waals surface area contributed by atoms with Crippen LogP contribution in [0.2, 0.25) is 0 Å². The molecule has 1 heterocycles. The second kappa shape index (κ2) is 8.71. The highest BCUT2D eigenvalue weighted by Gasteiger charge is 2.14. The lowest BCUT2D eigenvalue weighted by molar-refractivity contribution is -0.145. The molecule has 1 aromatic heterocycles. The predicted octanol–water partition coefficient (Wildman–Crippen LogP) is 5.86. The van der Waals surface area contributed by atoms with Gasteiger partial charge in [-0.05, 0) is 41.8 Å². The number of rotatable bonds is 7. The summed E-state index contributed by atoms with van der Waals surface area (Å²) in [6.07, 6.45) is 1.41. The molecule has 0 aliphatic heterocycles. The summed E-state index contributed by atoms with van der Waals surface area (Å²) in [5.41, 5.74) is 2.82. The SMILES string of the molecule is CCOC(=O)COc1cccc(CCc2nc3c4ccccc4c4ccccc4c3o2)c1. The number of ether oxygens (including phenoxy) is 2. The van der Waals surface area contributed by atoms with E-state index in [2.05, 4.69) is 36.4 Å². The molecule has 5 nitrogen and oxygen atoms in total. The lowest BCUT2D eigenvalue weighted by Crippen LogP contribution is -2.14. The molecule has 5 heteroatoms. The van der Waals surface area contributed by atoms with Crippen LogP contribution in [0, 0.1) is 0 Å². The Balaban J connectivity index is 1.40. The minimum absolute atomic E-state index is 0.0947. The Kier molecular flexibility index (Phi) is 5.46. The maximum absolute atomic E-state index is 11.5. The van der Waals surface area contributed by atoms with Gasteiger partial charge in [0.05, 0.1) is 6.61 Å². The second-order valence-electron chi connectivity index (χ2n) is 7.62. The van der Waals surface area contributed by atoms with E-state index in [1.54, 1.807) is 6.92 Å². The fourth-order valence-electron chi connectivity index (χ4n) is 4.06. The fourth-order valence-corrected chi connectivity index (χ4v) is 4.06. The molecule has 0 radical (unpaired) electrons. The van der Waals surface area contributed by atoms with E-state index in [0.29, 0.717) is 24.7 Å². The number of oxazole rings is 1. The molecule has 0 saturated carbocycles. The van der Waals surface area contributed by atoms with Crippen molar-refractivity contribution in [3.05, 3.63) is 84.3 Å². The Morgan fingerprint density at radius 3 is 2.38 bits per heavy atom. The van der Waals surface area contributed by atoms with E-state index in [0.717, 1.165) is 33.9 Å². The number of carbonyl (C=O) groups excluding carboxylic acids is 1. The summed E-state index contributed by atoms with van der Waals surface area (Å²) in [4.78, 5) is 16.4. The van der Waals surface area contributed by atoms with Gasteiger partial charge in [0.25, 0.3) is 0 Å². The van der Waals surface area contributed by atoms with E-state index in [1.807, 2.05) is 36.4 Å². The van der Waals surface area contributed by atoms with Gasteiger partial charge >= 0.3 is 5.97 Å². The molecular formula is C27H23NO4. The summed E-state index contributed by atoms with van der Waals surface area (Å²) in [5.74, 6) is 0.980. The number of hydrogen-bond acceptors (Lipinski definition) is 5. The predicted molar refractivity (Wildman–Crippen MR) is 125 cm³/mol. The van der Waals surface area contributed by atoms with E-state index in [9.17, 15) is 4.79 Å². The van der Waals surface area contributed by atoms with Crippen LogP contribution in [0.4, 0.5) is 0 Å². The molecule has 0 aliphatic rings. The third kappa shape index (κ3) is 3.89. The molecule has 0 saturated heterocycles. The van der Waals surface area contributed by atoms with Crippen molar-refractivity contribution in [2.24, 2.45) is 0 Å². The van der Waals surface area contributed by atoms with E-state index < -0.39 is 0 Å². The molecule has 5 rings (SSSR count). The van der Waals surface area contributed by atoms with Crippen molar-refractivity contribution in [2.45, 2.75) is 19.8 Å². The van der Waals surface area contributed by atoms with Crippen molar-refractivity contribution in [2.75, 3.05) is 13.2 Å². The molecule has 0 aliphatic carbocycles.